The van der Waals surface area contributed by atoms with Crippen molar-refractivity contribution in [2.45, 2.75) is 13.3 Å². The second-order valence-electron chi connectivity index (χ2n) is 3.65. The van der Waals surface area contributed by atoms with Crippen LogP contribution in [0.4, 0.5) is 4.79 Å². The number of nitrogens with two attached hydrogens (primary N) is 1. The van der Waals surface area contributed by atoms with Crippen molar-refractivity contribution >= 4 is 23.8 Å². The summed E-state index contributed by atoms with van der Waals surface area (Å²) in [6, 6.07) is -0.759. The first kappa shape index (κ1) is 16.7. The zero-order valence-electron chi connectivity index (χ0n) is 10.6. The molecule has 108 valence electrons. The summed E-state index contributed by atoms with van der Waals surface area (Å²) in [7, 11) is 0. The van der Waals surface area contributed by atoms with Gasteiger partial charge in [-0.25, -0.2) is 4.79 Å². The molecule has 0 rings (SSSR count). The highest BCUT2D eigenvalue weighted by atomic mass is 16.4. The standard InChI is InChI=1S/C10H18N4O5/c1-2-12-8(16)3-4-13-10(19)14(5-7(11)15)6-9(17)18/h2-6H2,1H3,(H2,11,15)(H,12,16)(H,13,19)(H,17,18). The van der Waals surface area contributed by atoms with Crippen LogP contribution in [0.3, 0.4) is 0 Å². The van der Waals surface area contributed by atoms with E-state index < -0.39 is 31.0 Å². The van der Waals surface area contributed by atoms with Crippen LogP contribution in [0, 0.1) is 0 Å². The van der Waals surface area contributed by atoms with Crippen molar-refractivity contribution in [3.05, 3.63) is 0 Å². The van der Waals surface area contributed by atoms with Gasteiger partial charge in [0.1, 0.15) is 13.1 Å². The first-order valence-corrected chi connectivity index (χ1v) is 5.66. The Labute approximate surface area is 110 Å². The van der Waals surface area contributed by atoms with Gasteiger partial charge in [0.25, 0.3) is 0 Å². The molecule has 0 unspecified atom stereocenters. The first-order chi connectivity index (χ1) is 8.86. The molecule has 9 heteroatoms. The number of hydrogen-bond acceptors (Lipinski definition) is 4. The van der Waals surface area contributed by atoms with Crippen LogP contribution in [0.25, 0.3) is 0 Å². The Bertz CT molecular complexity index is 342. The molecule has 9 nitrogen and oxygen atoms in total. The molecule has 0 fully saturated rings. The molecule has 0 bridgehead atoms. The fourth-order valence-corrected chi connectivity index (χ4v) is 1.23. The van der Waals surface area contributed by atoms with Gasteiger partial charge in [0.05, 0.1) is 0 Å². The van der Waals surface area contributed by atoms with Gasteiger partial charge in [0.2, 0.25) is 11.8 Å². The van der Waals surface area contributed by atoms with Gasteiger partial charge >= 0.3 is 12.0 Å². The summed E-state index contributed by atoms with van der Waals surface area (Å²) in [5, 5.41) is 13.5. The minimum Gasteiger partial charge on any atom is -0.480 e. The molecule has 0 aromatic rings. The molecule has 0 radical (unpaired) electrons. The summed E-state index contributed by atoms with van der Waals surface area (Å²) >= 11 is 0. The van der Waals surface area contributed by atoms with Crippen molar-refractivity contribution < 1.29 is 24.3 Å². The molecule has 19 heavy (non-hydrogen) atoms. The van der Waals surface area contributed by atoms with E-state index in [1.54, 1.807) is 6.92 Å². The van der Waals surface area contributed by atoms with Crippen LogP contribution in [0.1, 0.15) is 13.3 Å². The maximum absolute atomic E-state index is 11.6. The number of hydrogen-bond donors (Lipinski definition) is 4. The lowest BCUT2D eigenvalue weighted by Crippen LogP contribution is -2.47. The van der Waals surface area contributed by atoms with Gasteiger partial charge in [-0.05, 0) is 6.92 Å². The summed E-state index contributed by atoms with van der Waals surface area (Å²) in [6.07, 6.45) is 0.0665. The van der Waals surface area contributed by atoms with E-state index in [1.807, 2.05) is 0 Å². The molecule has 0 saturated heterocycles. The van der Waals surface area contributed by atoms with E-state index in [-0.39, 0.29) is 18.9 Å². The minimum absolute atomic E-state index is 0.0412. The fourth-order valence-electron chi connectivity index (χ4n) is 1.23. The van der Waals surface area contributed by atoms with Crippen molar-refractivity contribution in [2.75, 3.05) is 26.2 Å². The molecule has 0 aromatic heterocycles. The average Bonchev–Trinajstić information content (AvgIpc) is 2.27. The lowest BCUT2D eigenvalue weighted by molar-refractivity contribution is -0.137. The number of rotatable bonds is 8. The van der Waals surface area contributed by atoms with Crippen LogP contribution in [0.2, 0.25) is 0 Å². The topological polar surface area (TPSA) is 142 Å². The monoisotopic (exact) mass is 274 g/mol. The number of carboxylic acid groups (broad SMARTS) is 1. The van der Waals surface area contributed by atoms with Gasteiger partial charge in [-0.15, -0.1) is 0 Å². The Hall–Kier alpha value is -2.32. The van der Waals surface area contributed by atoms with Gasteiger partial charge in [0, 0.05) is 19.5 Å². The van der Waals surface area contributed by atoms with E-state index in [0.29, 0.717) is 6.54 Å². The Kier molecular flexibility index (Phi) is 7.66. The molecular weight excluding hydrogens is 256 g/mol. The number of nitrogens with zero attached hydrogens (tertiary/aromatic N) is 1. The summed E-state index contributed by atoms with van der Waals surface area (Å²) in [6.45, 7) is 1.15. The van der Waals surface area contributed by atoms with Crippen LogP contribution in [-0.2, 0) is 14.4 Å². The molecule has 0 aliphatic rings. The van der Waals surface area contributed by atoms with Gasteiger partial charge in [-0.3, -0.25) is 14.4 Å². The maximum Gasteiger partial charge on any atom is 0.323 e. The Morgan fingerprint density at radius 2 is 1.79 bits per heavy atom. The fraction of sp³-hybridized carbons (Fsp3) is 0.600. The van der Waals surface area contributed by atoms with Crippen molar-refractivity contribution in [2.24, 2.45) is 5.73 Å². The molecular formula is C10H18N4O5. The smallest absolute Gasteiger partial charge is 0.323 e. The normalized spacial score (nSPS) is 9.53. The number of carbonyl (C=O) groups excluding carboxylic acids is 3. The molecule has 0 aliphatic heterocycles. The van der Waals surface area contributed by atoms with Gasteiger partial charge in [-0.2, -0.15) is 0 Å². The molecule has 0 spiro atoms. The molecule has 0 heterocycles. The largest absolute Gasteiger partial charge is 0.480 e. The van der Waals surface area contributed by atoms with Crippen LogP contribution in [0.15, 0.2) is 0 Å². The number of carboxylic acids is 1. The molecule has 0 aliphatic carbocycles. The zero-order chi connectivity index (χ0) is 14.8. The molecule has 0 saturated carbocycles. The van der Waals surface area contributed by atoms with Crippen molar-refractivity contribution in [1.82, 2.24) is 15.5 Å². The Morgan fingerprint density at radius 1 is 1.16 bits per heavy atom. The van der Waals surface area contributed by atoms with E-state index in [1.165, 1.54) is 0 Å². The maximum atomic E-state index is 11.6. The van der Waals surface area contributed by atoms with E-state index in [2.05, 4.69) is 10.6 Å². The highest BCUT2D eigenvalue weighted by Gasteiger charge is 2.18. The number of aliphatic carboxylic acids is 1. The summed E-state index contributed by atoms with van der Waals surface area (Å²) in [5.41, 5.74) is 4.91. The van der Waals surface area contributed by atoms with Crippen LogP contribution in [0.5, 0.6) is 0 Å². The van der Waals surface area contributed by atoms with Crippen LogP contribution >= 0.6 is 0 Å². The molecule has 0 atom stereocenters. The predicted octanol–water partition coefficient (Wildman–Crippen LogP) is -1.91. The summed E-state index contributed by atoms with van der Waals surface area (Å²) in [5.74, 6) is -2.32. The Balaban J connectivity index is 4.20. The lowest BCUT2D eigenvalue weighted by Gasteiger charge is -2.19. The second-order valence-corrected chi connectivity index (χ2v) is 3.65. The predicted molar refractivity (Wildman–Crippen MR) is 65.1 cm³/mol. The van der Waals surface area contributed by atoms with E-state index in [0.717, 1.165) is 4.90 Å². The van der Waals surface area contributed by atoms with Crippen molar-refractivity contribution in [3.63, 3.8) is 0 Å². The van der Waals surface area contributed by atoms with Crippen molar-refractivity contribution in [1.29, 1.82) is 0 Å². The van der Waals surface area contributed by atoms with Crippen molar-refractivity contribution in [3.8, 4) is 0 Å². The third kappa shape index (κ3) is 8.41. The van der Waals surface area contributed by atoms with E-state index >= 15 is 0 Å². The first-order valence-electron chi connectivity index (χ1n) is 5.66. The summed E-state index contributed by atoms with van der Waals surface area (Å²) < 4.78 is 0. The lowest BCUT2D eigenvalue weighted by atomic mass is 10.4. The van der Waals surface area contributed by atoms with E-state index in [4.69, 9.17) is 10.8 Å². The van der Waals surface area contributed by atoms with Crippen LogP contribution in [-0.4, -0.2) is 60.0 Å². The highest BCUT2D eigenvalue weighted by Crippen LogP contribution is 1.90. The third-order valence-electron chi connectivity index (χ3n) is 1.96. The minimum atomic E-state index is -1.26. The molecule has 5 N–H and O–H groups in total. The highest BCUT2D eigenvalue weighted by molar-refractivity contribution is 5.86. The number of urea groups is 1. The van der Waals surface area contributed by atoms with Gasteiger partial charge in [-0.1, -0.05) is 0 Å². The van der Waals surface area contributed by atoms with E-state index in [9.17, 15) is 19.2 Å². The SMILES string of the molecule is CCNC(=O)CCNC(=O)N(CC(N)=O)CC(=O)O. The number of nitrogens with one attached hydrogen (secondary N) is 2. The number of primary amides is 1. The van der Waals surface area contributed by atoms with Gasteiger partial charge in [0.15, 0.2) is 0 Å². The Morgan fingerprint density at radius 3 is 2.26 bits per heavy atom. The van der Waals surface area contributed by atoms with Crippen LogP contribution < -0.4 is 16.4 Å². The third-order valence-corrected chi connectivity index (χ3v) is 1.96. The van der Waals surface area contributed by atoms with Gasteiger partial charge < -0.3 is 26.4 Å². The summed E-state index contributed by atoms with van der Waals surface area (Å²) in [4.78, 5) is 44.7. The number of carbonyl (C=O) groups is 4. The molecule has 4 amide bonds. The molecule has 0 aromatic carbocycles. The second kappa shape index (κ2) is 8.72. The number of amides is 4. The zero-order valence-corrected chi connectivity index (χ0v) is 10.6. The quantitative estimate of drug-likeness (QED) is 0.408. The average molecular weight is 274 g/mol.